The molecule has 180 valence electrons. The van der Waals surface area contributed by atoms with Gasteiger partial charge in [-0.1, -0.05) is 11.6 Å². The van der Waals surface area contributed by atoms with Gasteiger partial charge in [-0.2, -0.15) is 0 Å². The first-order valence-electron chi connectivity index (χ1n) is 12.1. The van der Waals surface area contributed by atoms with Crippen LogP contribution in [0.3, 0.4) is 0 Å². The number of benzene rings is 2. The highest BCUT2D eigenvalue weighted by molar-refractivity contribution is 6.30. The van der Waals surface area contributed by atoms with Crippen LogP contribution in [0.25, 0.3) is 0 Å². The van der Waals surface area contributed by atoms with Gasteiger partial charge in [0.25, 0.3) is 0 Å². The fourth-order valence-electron chi connectivity index (χ4n) is 6.52. The van der Waals surface area contributed by atoms with Gasteiger partial charge >= 0.3 is 5.97 Å². The Labute approximate surface area is 208 Å². The molecule has 4 aliphatic rings. The average Bonchev–Trinajstić information content (AvgIpc) is 3.59. The fraction of sp³-hybridized carbons (Fsp3) is 0.407. The standard InChI is InChI=1S/C27H25ClN2O5/c1-14-10-20(35-27(34)17-12-22(31)29(13-17)19-6-4-18(28)5-7-19)8-9-21(14)30-25(32)23-15-2-3-16(11-15)24(23)26(30)33/h4-10,15-17,23-24H,2-3,11-13H2,1H3/t15-,16-,17+,23-,24-/m0/s1. The van der Waals surface area contributed by atoms with E-state index >= 15 is 0 Å². The molecule has 35 heavy (non-hydrogen) atoms. The molecule has 2 aliphatic carbocycles. The van der Waals surface area contributed by atoms with Crippen LogP contribution >= 0.6 is 11.6 Å². The van der Waals surface area contributed by atoms with Crippen molar-refractivity contribution in [3.63, 3.8) is 0 Å². The van der Waals surface area contributed by atoms with Crippen LogP contribution in [-0.2, 0) is 19.2 Å². The number of halogens is 1. The number of carbonyl (C=O) groups is 4. The van der Waals surface area contributed by atoms with Crippen molar-refractivity contribution < 1.29 is 23.9 Å². The number of rotatable bonds is 4. The van der Waals surface area contributed by atoms with Gasteiger partial charge in [-0.15, -0.1) is 0 Å². The zero-order valence-electron chi connectivity index (χ0n) is 19.3. The van der Waals surface area contributed by atoms with Crippen molar-refractivity contribution in [2.45, 2.75) is 32.6 Å². The summed E-state index contributed by atoms with van der Waals surface area (Å²) in [6.07, 6.45) is 3.13. The van der Waals surface area contributed by atoms with Crippen molar-refractivity contribution in [3.05, 3.63) is 53.1 Å². The molecule has 2 saturated carbocycles. The second-order valence-electron chi connectivity index (χ2n) is 10.1. The molecule has 2 aromatic carbocycles. The number of hydrogen-bond acceptors (Lipinski definition) is 5. The number of anilines is 2. The number of nitrogens with zero attached hydrogens (tertiary/aromatic N) is 2. The first-order valence-corrected chi connectivity index (χ1v) is 12.5. The second kappa shape index (κ2) is 8.19. The maximum absolute atomic E-state index is 13.1. The summed E-state index contributed by atoms with van der Waals surface area (Å²) in [5, 5.41) is 0.572. The van der Waals surface area contributed by atoms with E-state index in [9.17, 15) is 19.2 Å². The maximum atomic E-state index is 13.1. The third-order valence-electron chi connectivity index (χ3n) is 8.15. The second-order valence-corrected chi connectivity index (χ2v) is 10.6. The van der Waals surface area contributed by atoms with E-state index < -0.39 is 11.9 Å². The molecule has 0 N–H and O–H groups in total. The molecular formula is C27H25ClN2O5. The van der Waals surface area contributed by atoms with E-state index in [4.69, 9.17) is 16.3 Å². The van der Waals surface area contributed by atoms with E-state index in [1.54, 1.807) is 54.3 Å². The van der Waals surface area contributed by atoms with Crippen LogP contribution in [0.4, 0.5) is 11.4 Å². The molecule has 5 atom stereocenters. The Morgan fingerprint density at radius 1 is 0.971 bits per heavy atom. The molecule has 6 rings (SSSR count). The van der Waals surface area contributed by atoms with Crippen molar-refractivity contribution in [1.29, 1.82) is 0 Å². The predicted octanol–water partition coefficient (Wildman–Crippen LogP) is 4.14. The van der Waals surface area contributed by atoms with E-state index in [0.29, 0.717) is 39.5 Å². The Morgan fingerprint density at radius 2 is 1.63 bits per heavy atom. The lowest BCUT2D eigenvalue weighted by Crippen LogP contribution is -2.33. The third kappa shape index (κ3) is 3.56. The summed E-state index contributed by atoms with van der Waals surface area (Å²) in [6, 6.07) is 11.9. The number of carbonyl (C=O) groups excluding carboxylic acids is 4. The Hall–Kier alpha value is -3.19. The molecule has 2 aromatic rings. The molecule has 7 nitrogen and oxygen atoms in total. The summed E-state index contributed by atoms with van der Waals surface area (Å²) in [6.45, 7) is 2.04. The number of aryl methyl sites for hydroxylation is 1. The smallest absolute Gasteiger partial charge is 0.316 e. The quantitative estimate of drug-likeness (QED) is 0.364. The highest BCUT2D eigenvalue weighted by Gasteiger charge is 2.61. The molecular weight excluding hydrogens is 468 g/mol. The fourth-order valence-corrected chi connectivity index (χ4v) is 6.65. The molecule has 8 heteroatoms. The zero-order chi connectivity index (χ0) is 24.4. The molecule has 0 aromatic heterocycles. The summed E-state index contributed by atoms with van der Waals surface area (Å²) < 4.78 is 5.59. The van der Waals surface area contributed by atoms with Crippen molar-refractivity contribution in [2.75, 3.05) is 16.3 Å². The van der Waals surface area contributed by atoms with Gasteiger partial charge in [0, 0.05) is 23.7 Å². The van der Waals surface area contributed by atoms with E-state index in [0.717, 1.165) is 19.3 Å². The minimum Gasteiger partial charge on any atom is -0.426 e. The van der Waals surface area contributed by atoms with Crippen molar-refractivity contribution in [3.8, 4) is 5.75 Å². The normalized spacial score (nSPS) is 29.3. The highest BCUT2D eigenvalue weighted by Crippen LogP contribution is 2.56. The van der Waals surface area contributed by atoms with E-state index in [1.807, 2.05) is 0 Å². The van der Waals surface area contributed by atoms with Gasteiger partial charge in [0.2, 0.25) is 17.7 Å². The lowest BCUT2D eigenvalue weighted by atomic mass is 9.81. The van der Waals surface area contributed by atoms with Gasteiger partial charge in [0.05, 0.1) is 23.4 Å². The summed E-state index contributed by atoms with van der Waals surface area (Å²) in [5.74, 6) is -0.778. The van der Waals surface area contributed by atoms with Crippen LogP contribution in [0.2, 0.25) is 5.02 Å². The minimum absolute atomic E-state index is 0.0699. The largest absolute Gasteiger partial charge is 0.426 e. The minimum atomic E-state index is -0.588. The molecule has 2 bridgehead atoms. The van der Waals surface area contributed by atoms with Crippen LogP contribution in [0.5, 0.6) is 5.75 Å². The first-order chi connectivity index (χ1) is 16.8. The Balaban J connectivity index is 1.15. The summed E-state index contributed by atoms with van der Waals surface area (Å²) in [7, 11) is 0. The van der Waals surface area contributed by atoms with Crippen LogP contribution in [0.1, 0.15) is 31.2 Å². The lowest BCUT2D eigenvalue weighted by Gasteiger charge is -2.20. The summed E-state index contributed by atoms with van der Waals surface area (Å²) >= 11 is 5.93. The van der Waals surface area contributed by atoms with Gasteiger partial charge in [-0.05, 0) is 86.1 Å². The van der Waals surface area contributed by atoms with Crippen molar-refractivity contribution in [1.82, 2.24) is 0 Å². The Kier molecular flexibility index (Phi) is 5.22. The monoisotopic (exact) mass is 492 g/mol. The van der Waals surface area contributed by atoms with E-state index in [1.165, 1.54) is 4.90 Å². The van der Waals surface area contributed by atoms with Crippen LogP contribution < -0.4 is 14.5 Å². The number of esters is 1. The third-order valence-corrected chi connectivity index (χ3v) is 8.40. The molecule has 0 radical (unpaired) electrons. The van der Waals surface area contributed by atoms with Gasteiger partial charge < -0.3 is 9.64 Å². The van der Waals surface area contributed by atoms with Gasteiger partial charge in [0.15, 0.2) is 0 Å². The van der Waals surface area contributed by atoms with Gasteiger partial charge in [0.1, 0.15) is 5.75 Å². The molecule has 2 aliphatic heterocycles. The van der Waals surface area contributed by atoms with E-state index in [2.05, 4.69) is 0 Å². The van der Waals surface area contributed by atoms with Crippen LogP contribution in [-0.4, -0.2) is 30.2 Å². The molecule has 0 spiro atoms. The van der Waals surface area contributed by atoms with Gasteiger partial charge in [-0.25, -0.2) is 4.90 Å². The van der Waals surface area contributed by atoms with Crippen molar-refractivity contribution in [2.24, 2.45) is 29.6 Å². The van der Waals surface area contributed by atoms with Crippen LogP contribution in [0, 0.1) is 36.5 Å². The summed E-state index contributed by atoms with van der Waals surface area (Å²) in [4.78, 5) is 54.5. The van der Waals surface area contributed by atoms with Gasteiger partial charge in [-0.3, -0.25) is 19.2 Å². The SMILES string of the molecule is Cc1cc(OC(=O)[C@@H]2CC(=O)N(c3ccc(Cl)cc3)C2)ccc1N1C(=O)[C@H]2[C@H]3CC[C@@H](C3)[C@@H]2C1=O. The number of ether oxygens (including phenoxy) is 1. The summed E-state index contributed by atoms with van der Waals surface area (Å²) in [5.41, 5.74) is 1.93. The van der Waals surface area contributed by atoms with E-state index in [-0.39, 0.29) is 42.5 Å². The topological polar surface area (TPSA) is 84.0 Å². The van der Waals surface area contributed by atoms with Crippen molar-refractivity contribution >= 4 is 46.7 Å². The highest BCUT2D eigenvalue weighted by atomic mass is 35.5. The molecule has 3 amide bonds. The molecule has 2 heterocycles. The predicted molar refractivity (Wildman–Crippen MR) is 129 cm³/mol. The zero-order valence-corrected chi connectivity index (χ0v) is 20.0. The first kappa shape index (κ1) is 22.3. The Bertz CT molecular complexity index is 1230. The lowest BCUT2D eigenvalue weighted by molar-refractivity contribution is -0.139. The molecule has 4 fully saturated rings. The molecule has 2 saturated heterocycles. The number of hydrogen-bond donors (Lipinski definition) is 0. The maximum Gasteiger partial charge on any atom is 0.316 e. The number of imide groups is 1. The Morgan fingerprint density at radius 3 is 2.26 bits per heavy atom. The number of amides is 3. The number of fused-ring (bicyclic) bond motifs is 5. The average molecular weight is 493 g/mol. The van der Waals surface area contributed by atoms with Crippen LogP contribution in [0.15, 0.2) is 42.5 Å². The molecule has 0 unspecified atom stereocenters.